The van der Waals surface area contributed by atoms with Crippen LogP contribution >= 0.6 is 0 Å². The summed E-state index contributed by atoms with van der Waals surface area (Å²) in [5, 5.41) is 7.47. The Morgan fingerprint density at radius 3 is 2.35 bits per heavy atom. The summed E-state index contributed by atoms with van der Waals surface area (Å²) in [6.45, 7) is 3.44. The van der Waals surface area contributed by atoms with Crippen LogP contribution in [0.25, 0.3) is 5.69 Å². The van der Waals surface area contributed by atoms with E-state index in [1.807, 2.05) is 24.3 Å². The molecule has 1 N–H and O–H groups in total. The van der Waals surface area contributed by atoms with E-state index in [0.29, 0.717) is 37.4 Å². The van der Waals surface area contributed by atoms with Gasteiger partial charge < -0.3 is 10.2 Å². The number of rotatable bonds is 5. The molecule has 2 heterocycles. The number of aromatic nitrogens is 2. The van der Waals surface area contributed by atoms with Crippen molar-refractivity contribution in [3.05, 3.63) is 82.4 Å². The summed E-state index contributed by atoms with van der Waals surface area (Å²) < 4.78 is 14.5. The van der Waals surface area contributed by atoms with Crippen LogP contribution in [0.15, 0.2) is 65.5 Å². The highest BCUT2D eigenvalue weighted by Crippen LogP contribution is 2.23. The summed E-state index contributed by atoms with van der Waals surface area (Å²) in [4.78, 5) is 27.0. The van der Waals surface area contributed by atoms with E-state index in [2.05, 4.69) is 22.2 Å². The van der Waals surface area contributed by atoms with E-state index in [4.69, 9.17) is 0 Å². The number of nitrogens with zero attached hydrogens (tertiary/aromatic N) is 3. The van der Waals surface area contributed by atoms with E-state index in [1.165, 1.54) is 40.6 Å². The average molecular weight is 420 g/mol. The Bertz CT molecular complexity index is 1100. The number of piperidine rings is 1. The quantitative estimate of drug-likeness (QED) is 0.682. The molecule has 1 saturated heterocycles. The van der Waals surface area contributed by atoms with Crippen molar-refractivity contribution in [2.45, 2.75) is 26.2 Å². The van der Waals surface area contributed by atoms with Gasteiger partial charge in [0.2, 0.25) is 5.91 Å². The molecule has 3 aromatic rings. The first-order valence-corrected chi connectivity index (χ1v) is 10.5. The number of carbonyl (C=O) groups is 1. The SMILES string of the molecule is CCc1ccc(NC(=O)C2CCN(c3ccc(=O)n(-c4ccc(F)cc4)n3)CC2)cc1. The number of carbonyl (C=O) groups excluding carboxylic acids is 1. The van der Waals surface area contributed by atoms with E-state index in [9.17, 15) is 14.0 Å². The lowest BCUT2D eigenvalue weighted by molar-refractivity contribution is -0.120. The standard InChI is InChI=1S/C24H25FN4O2/c1-2-17-3-7-20(8-4-17)26-24(31)18-13-15-28(16-14-18)22-11-12-23(30)29(27-22)21-9-5-19(25)6-10-21/h3-12,18H,2,13-16H2,1H3,(H,26,31). The summed E-state index contributed by atoms with van der Waals surface area (Å²) in [5.74, 6) is 0.269. The second-order valence-corrected chi connectivity index (χ2v) is 7.72. The zero-order chi connectivity index (χ0) is 21.8. The Hall–Kier alpha value is -3.48. The topological polar surface area (TPSA) is 67.2 Å². The van der Waals surface area contributed by atoms with Gasteiger partial charge >= 0.3 is 0 Å². The van der Waals surface area contributed by atoms with Gasteiger partial charge in [0.25, 0.3) is 5.56 Å². The molecule has 0 saturated carbocycles. The molecule has 0 unspecified atom stereocenters. The Kier molecular flexibility index (Phi) is 6.11. The van der Waals surface area contributed by atoms with Crippen LogP contribution in [0.1, 0.15) is 25.3 Å². The molecule has 1 fully saturated rings. The molecule has 0 spiro atoms. The molecule has 160 valence electrons. The lowest BCUT2D eigenvalue weighted by Crippen LogP contribution is -2.39. The van der Waals surface area contributed by atoms with Gasteiger partial charge in [0.05, 0.1) is 5.69 Å². The predicted octanol–water partition coefficient (Wildman–Crippen LogP) is 3.79. The fraction of sp³-hybridized carbons (Fsp3) is 0.292. The lowest BCUT2D eigenvalue weighted by Gasteiger charge is -2.32. The molecule has 7 heteroatoms. The maximum atomic E-state index is 13.2. The number of halogens is 1. The van der Waals surface area contributed by atoms with Gasteiger partial charge in [0.1, 0.15) is 11.6 Å². The summed E-state index contributed by atoms with van der Waals surface area (Å²) in [7, 11) is 0. The first-order valence-electron chi connectivity index (χ1n) is 10.5. The maximum Gasteiger partial charge on any atom is 0.271 e. The largest absolute Gasteiger partial charge is 0.355 e. The Balaban J connectivity index is 1.40. The van der Waals surface area contributed by atoms with Crippen molar-refractivity contribution in [2.24, 2.45) is 5.92 Å². The van der Waals surface area contributed by atoms with Gasteiger partial charge in [-0.3, -0.25) is 9.59 Å². The lowest BCUT2D eigenvalue weighted by atomic mass is 9.95. The molecule has 1 aliphatic heterocycles. The molecule has 1 aliphatic rings. The highest BCUT2D eigenvalue weighted by Gasteiger charge is 2.26. The Morgan fingerprint density at radius 2 is 1.71 bits per heavy atom. The zero-order valence-corrected chi connectivity index (χ0v) is 17.4. The van der Waals surface area contributed by atoms with Crippen molar-refractivity contribution in [3.8, 4) is 5.69 Å². The molecular weight excluding hydrogens is 395 g/mol. The monoisotopic (exact) mass is 420 g/mol. The summed E-state index contributed by atoms with van der Waals surface area (Å²) in [6.07, 6.45) is 2.38. The molecule has 0 bridgehead atoms. The number of anilines is 2. The highest BCUT2D eigenvalue weighted by atomic mass is 19.1. The number of amides is 1. The molecule has 0 radical (unpaired) electrons. The van der Waals surface area contributed by atoms with Crippen molar-refractivity contribution in [1.82, 2.24) is 9.78 Å². The van der Waals surface area contributed by atoms with E-state index >= 15 is 0 Å². The number of benzene rings is 2. The zero-order valence-electron chi connectivity index (χ0n) is 17.4. The fourth-order valence-corrected chi connectivity index (χ4v) is 3.78. The van der Waals surface area contributed by atoms with Crippen LogP contribution in [0.2, 0.25) is 0 Å². The van der Waals surface area contributed by atoms with Crippen LogP contribution in [0, 0.1) is 11.7 Å². The van der Waals surface area contributed by atoms with E-state index in [0.717, 1.165) is 12.1 Å². The van der Waals surface area contributed by atoms with E-state index < -0.39 is 0 Å². The maximum absolute atomic E-state index is 13.2. The number of hydrogen-bond donors (Lipinski definition) is 1. The van der Waals surface area contributed by atoms with Crippen molar-refractivity contribution in [3.63, 3.8) is 0 Å². The van der Waals surface area contributed by atoms with Gasteiger partial charge in [-0.05, 0) is 67.3 Å². The molecule has 0 atom stereocenters. The van der Waals surface area contributed by atoms with Crippen molar-refractivity contribution >= 4 is 17.4 Å². The minimum absolute atomic E-state index is 0.0353. The molecule has 2 aromatic carbocycles. The summed E-state index contributed by atoms with van der Waals surface area (Å²) >= 11 is 0. The molecular formula is C24H25FN4O2. The van der Waals surface area contributed by atoms with Gasteiger partial charge in [-0.15, -0.1) is 5.10 Å². The molecule has 31 heavy (non-hydrogen) atoms. The van der Waals surface area contributed by atoms with Crippen molar-refractivity contribution < 1.29 is 9.18 Å². The third-order valence-corrected chi connectivity index (χ3v) is 5.68. The minimum atomic E-state index is -0.366. The first kappa shape index (κ1) is 20.8. The normalized spacial score (nSPS) is 14.5. The van der Waals surface area contributed by atoms with Gasteiger partial charge in [0.15, 0.2) is 0 Å². The Labute approximate surface area is 180 Å². The third-order valence-electron chi connectivity index (χ3n) is 5.68. The van der Waals surface area contributed by atoms with E-state index in [-0.39, 0.29) is 23.2 Å². The molecule has 1 aromatic heterocycles. The van der Waals surface area contributed by atoms with Crippen LogP contribution in [0.5, 0.6) is 0 Å². The van der Waals surface area contributed by atoms with Gasteiger partial charge in [-0.25, -0.2) is 4.39 Å². The number of aryl methyl sites for hydroxylation is 1. The van der Waals surface area contributed by atoms with Gasteiger partial charge in [-0.1, -0.05) is 19.1 Å². The third kappa shape index (κ3) is 4.82. The molecule has 1 amide bonds. The second kappa shape index (κ2) is 9.12. The predicted molar refractivity (Wildman–Crippen MR) is 119 cm³/mol. The average Bonchev–Trinajstić information content (AvgIpc) is 2.81. The molecule has 0 aliphatic carbocycles. The first-order chi connectivity index (χ1) is 15.0. The van der Waals surface area contributed by atoms with Gasteiger partial charge in [-0.2, -0.15) is 4.68 Å². The summed E-state index contributed by atoms with van der Waals surface area (Å²) in [6, 6.07) is 16.7. The Morgan fingerprint density at radius 1 is 1.03 bits per heavy atom. The minimum Gasteiger partial charge on any atom is -0.355 e. The van der Waals surface area contributed by atoms with Crippen molar-refractivity contribution in [1.29, 1.82) is 0 Å². The van der Waals surface area contributed by atoms with E-state index in [1.54, 1.807) is 6.07 Å². The number of hydrogen-bond acceptors (Lipinski definition) is 4. The number of nitrogens with one attached hydrogen (secondary N) is 1. The summed E-state index contributed by atoms with van der Waals surface area (Å²) in [5.41, 5.74) is 2.29. The molecule has 4 rings (SSSR count). The highest BCUT2D eigenvalue weighted by molar-refractivity contribution is 5.92. The smallest absolute Gasteiger partial charge is 0.271 e. The van der Waals surface area contributed by atoms with Crippen LogP contribution < -0.4 is 15.8 Å². The fourth-order valence-electron chi connectivity index (χ4n) is 3.78. The van der Waals surface area contributed by atoms with Gasteiger partial charge in [0, 0.05) is 30.8 Å². The van der Waals surface area contributed by atoms with Crippen LogP contribution in [0.4, 0.5) is 15.9 Å². The second-order valence-electron chi connectivity index (χ2n) is 7.72. The van der Waals surface area contributed by atoms with Crippen LogP contribution in [-0.2, 0) is 11.2 Å². The van der Waals surface area contributed by atoms with Crippen molar-refractivity contribution in [2.75, 3.05) is 23.3 Å². The van der Waals surface area contributed by atoms with Crippen LogP contribution in [-0.4, -0.2) is 28.8 Å². The van der Waals surface area contributed by atoms with Crippen LogP contribution in [0.3, 0.4) is 0 Å². The molecule has 6 nitrogen and oxygen atoms in total.